The fourth-order valence-electron chi connectivity index (χ4n) is 1.86. The monoisotopic (exact) mass is 293 g/mol. The van der Waals surface area contributed by atoms with Gasteiger partial charge in [0, 0.05) is 26.6 Å². The molecule has 0 radical (unpaired) electrons. The zero-order valence-electron chi connectivity index (χ0n) is 11.9. The van der Waals surface area contributed by atoms with Crippen LogP contribution in [0.15, 0.2) is 18.2 Å². The lowest BCUT2D eigenvalue weighted by Gasteiger charge is -2.19. The van der Waals surface area contributed by atoms with E-state index < -0.39 is 0 Å². The third kappa shape index (κ3) is 4.87. The van der Waals surface area contributed by atoms with Crippen molar-refractivity contribution in [1.29, 1.82) is 0 Å². The summed E-state index contributed by atoms with van der Waals surface area (Å²) < 4.78 is 10.9. The molecule has 3 N–H and O–H groups in total. The van der Waals surface area contributed by atoms with E-state index in [1.165, 1.54) is 6.92 Å². The van der Waals surface area contributed by atoms with Gasteiger partial charge in [-0.15, -0.1) is 0 Å². The Balaban J connectivity index is 1.72. The van der Waals surface area contributed by atoms with Crippen molar-refractivity contribution in [3.63, 3.8) is 0 Å². The number of fused-ring (bicyclic) bond motifs is 1. The maximum atomic E-state index is 11.6. The summed E-state index contributed by atoms with van der Waals surface area (Å²) in [7, 11) is 0. The number of nitrogens with one attached hydrogen (secondary N) is 3. The predicted molar refractivity (Wildman–Crippen MR) is 76.4 cm³/mol. The van der Waals surface area contributed by atoms with Gasteiger partial charge in [-0.3, -0.25) is 4.79 Å². The maximum absolute atomic E-state index is 11.6. The minimum Gasteiger partial charge on any atom is -0.486 e. The first-order chi connectivity index (χ1) is 10.1. The highest BCUT2D eigenvalue weighted by Gasteiger charge is 2.11. The highest BCUT2D eigenvalue weighted by atomic mass is 16.6. The lowest BCUT2D eigenvalue weighted by molar-refractivity contribution is -0.118. The molecule has 3 amide bonds. The molecule has 2 rings (SSSR count). The third-order valence-electron chi connectivity index (χ3n) is 2.84. The molecule has 0 fully saturated rings. The summed E-state index contributed by atoms with van der Waals surface area (Å²) in [6.07, 6.45) is 0. The second kappa shape index (κ2) is 7.37. The van der Waals surface area contributed by atoms with Crippen LogP contribution in [0.25, 0.3) is 0 Å². The van der Waals surface area contributed by atoms with Crippen molar-refractivity contribution in [2.45, 2.75) is 13.5 Å². The van der Waals surface area contributed by atoms with Crippen molar-refractivity contribution >= 4 is 11.9 Å². The first kappa shape index (κ1) is 15.0. The van der Waals surface area contributed by atoms with Crippen molar-refractivity contribution in [3.8, 4) is 11.5 Å². The normalized spacial score (nSPS) is 12.4. The number of amides is 3. The van der Waals surface area contributed by atoms with Crippen molar-refractivity contribution in [1.82, 2.24) is 16.0 Å². The zero-order chi connectivity index (χ0) is 15.1. The van der Waals surface area contributed by atoms with Crippen LogP contribution in [0.4, 0.5) is 4.79 Å². The molecule has 1 aliphatic rings. The second-order valence-corrected chi connectivity index (χ2v) is 4.57. The van der Waals surface area contributed by atoms with Crippen LogP contribution in [0.1, 0.15) is 12.5 Å². The zero-order valence-corrected chi connectivity index (χ0v) is 11.9. The van der Waals surface area contributed by atoms with Crippen LogP contribution >= 0.6 is 0 Å². The van der Waals surface area contributed by atoms with Crippen molar-refractivity contribution < 1.29 is 19.1 Å². The Morgan fingerprint density at radius 2 is 1.76 bits per heavy atom. The molecule has 1 aromatic rings. The fourth-order valence-corrected chi connectivity index (χ4v) is 1.86. The van der Waals surface area contributed by atoms with E-state index in [1.54, 1.807) is 0 Å². The largest absolute Gasteiger partial charge is 0.486 e. The number of urea groups is 1. The molecule has 0 saturated heterocycles. The van der Waals surface area contributed by atoms with E-state index in [4.69, 9.17) is 9.47 Å². The molecular weight excluding hydrogens is 274 g/mol. The maximum Gasteiger partial charge on any atom is 0.315 e. The van der Waals surface area contributed by atoms with Crippen LogP contribution in [-0.2, 0) is 11.3 Å². The Morgan fingerprint density at radius 1 is 1.05 bits per heavy atom. The highest BCUT2D eigenvalue weighted by molar-refractivity contribution is 5.74. The quantitative estimate of drug-likeness (QED) is 0.685. The standard InChI is InChI=1S/C14H19N3O4/c1-10(18)15-4-5-16-14(19)17-9-11-2-3-12-13(8-11)21-7-6-20-12/h2-3,8H,4-7,9H2,1H3,(H,15,18)(H2,16,17,19). The molecule has 0 atom stereocenters. The van der Waals surface area contributed by atoms with Gasteiger partial charge in [0.05, 0.1) is 0 Å². The van der Waals surface area contributed by atoms with E-state index in [0.717, 1.165) is 11.3 Å². The Bertz CT molecular complexity index is 519. The second-order valence-electron chi connectivity index (χ2n) is 4.57. The highest BCUT2D eigenvalue weighted by Crippen LogP contribution is 2.30. The van der Waals surface area contributed by atoms with Crippen molar-refractivity contribution in [3.05, 3.63) is 23.8 Å². The lowest BCUT2D eigenvalue weighted by atomic mass is 10.2. The number of carbonyl (C=O) groups excluding carboxylic acids is 2. The third-order valence-corrected chi connectivity index (χ3v) is 2.84. The first-order valence-corrected chi connectivity index (χ1v) is 6.80. The molecule has 0 bridgehead atoms. The van der Waals surface area contributed by atoms with Crippen molar-refractivity contribution in [2.24, 2.45) is 0 Å². The van der Waals surface area contributed by atoms with E-state index in [-0.39, 0.29) is 11.9 Å². The van der Waals surface area contributed by atoms with E-state index in [1.807, 2.05) is 18.2 Å². The molecule has 7 heteroatoms. The first-order valence-electron chi connectivity index (χ1n) is 6.80. The number of ether oxygens (including phenoxy) is 2. The van der Waals surface area contributed by atoms with Gasteiger partial charge in [0.2, 0.25) is 5.91 Å². The molecule has 0 unspecified atom stereocenters. The molecule has 0 spiro atoms. The Kier molecular flexibility index (Phi) is 5.25. The van der Waals surface area contributed by atoms with Gasteiger partial charge in [-0.1, -0.05) is 6.07 Å². The molecule has 21 heavy (non-hydrogen) atoms. The number of carbonyl (C=O) groups is 2. The van der Waals surface area contributed by atoms with E-state index in [0.29, 0.717) is 38.6 Å². The minimum absolute atomic E-state index is 0.117. The van der Waals surface area contributed by atoms with E-state index in [2.05, 4.69) is 16.0 Å². The van der Waals surface area contributed by atoms with Crippen LogP contribution in [0.2, 0.25) is 0 Å². The molecular formula is C14H19N3O4. The average Bonchev–Trinajstić information content (AvgIpc) is 2.49. The SMILES string of the molecule is CC(=O)NCCNC(=O)NCc1ccc2c(c1)OCCO2. The fraction of sp³-hybridized carbons (Fsp3) is 0.429. The van der Waals surface area contributed by atoms with Gasteiger partial charge in [-0.25, -0.2) is 4.79 Å². The van der Waals surface area contributed by atoms with Gasteiger partial charge in [0.15, 0.2) is 11.5 Å². The van der Waals surface area contributed by atoms with Gasteiger partial charge < -0.3 is 25.4 Å². The van der Waals surface area contributed by atoms with Gasteiger partial charge in [-0.05, 0) is 17.7 Å². The smallest absolute Gasteiger partial charge is 0.315 e. The van der Waals surface area contributed by atoms with Gasteiger partial charge >= 0.3 is 6.03 Å². The van der Waals surface area contributed by atoms with E-state index in [9.17, 15) is 9.59 Å². The van der Waals surface area contributed by atoms with Crippen LogP contribution in [0.5, 0.6) is 11.5 Å². The number of hydrogen-bond donors (Lipinski definition) is 3. The topological polar surface area (TPSA) is 88.7 Å². The number of benzene rings is 1. The molecule has 0 aliphatic carbocycles. The predicted octanol–water partition coefficient (Wildman–Crippen LogP) is 0.393. The van der Waals surface area contributed by atoms with Gasteiger partial charge in [0.25, 0.3) is 0 Å². The average molecular weight is 293 g/mol. The molecule has 0 aromatic heterocycles. The van der Waals surface area contributed by atoms with Crippen molar-refractivity contribution in [2.75, 3.05) is 26.3 Å². The Morgan fingerprint density at radius 3 is 2.52 bits per heavy atom. The summed E-state index contributed by atoms with van der Waals surface area (Å²) >= 11 is 0. The van der Waals surface area contributed by atoms with Crippen LogP contribution < -0.4 is 25.4 Å². The van der Waals surface area contributed by atoms with Gasteiger partial charge in [0.1, 0.15) is 13.2 Å². The van der Waals surface area contributed by atoms with Crippen LogP contribution in [-0.4, -0.2) is 38.2 Å². The van der Waals surface area contributed by atoms with Gasteiger partial charge in [-0.2, -0.15) is 0 Å². The van der Waals surface area contributed by atoms with E-state index >= 15 is 0 Å². The molecule has 1 aliphatic heterocycles. The lowest BCUT2D eigenvalue weighted by Crippen LogP contribution is -2.39. The molecule has 0 saturated carbocycles. The summed E-state index contributed by atoms with van der Waals surface area (Å²) in [6, 6.07) is 5.28. The minimum atomic E-state index is -0.282. The summed E-state index contributed by atoms with van der Waals surface area (Å²) in [5, 5.41) is 7.98. The summed E-state index contributed by atoms with van der Waals surface area (Å²) in [5.74, 6) is 1.31. The number of rotatable bonds is 5. The Labute approximate surface area is 123 Å². The van der Waals surface area contributed by atoms with Crippen LogP contribution in [0.3, 0.4) is 0 Å². The van der Waals surface area contributed by atoms with Crippen LogP contribution in [0, 0.1) is 0 Å². The molecule has 1 aromatic carbocycles. The summed E-state index contributed by atoms with van der Waals surface area (Å²) in [6.45, 7) is 3.71. The molecule has 7 nitrogen and oxygen atoms in total. The Hall–Kier alpha value is -2.44. The number of hydrogen-bond acceptors (Lipinski definition) is 4. The summed E-state index contributed by atoms with van der Waals surface area (Å²) in [4.78, 5) is 22.2. The molecule has 1 heterocycles. The summed E-state index contributed by atoms with van der Waals surface area (Å²) in [5.41, 5.74) is 0.927. The molecule has 114 valence electrons.